The Bertz CT molecular complexity index is 506. The molecule has 1 saturated heterocycles. The molecule has 2 atom stereocenters. The molecule has 1 aromatic rings. The minimum absolute atomic E-state index is 0. The predicted molar refractivity (Wildman–Crippen MR) is 122 cm³/mol. The molecular weight excluding hydrogens is 439 g/mol. The number of nitrogens with one attached hydrogen (secondary N) is 2. The molecule has 148 valence electrons. The molecule has 0 spiro atoms. The monoisotopic (exact) mass is 474 g/mol. The second-order valence-corrected chi connectivity index (χ2v) is 6.80. The normalized spacial score (nSPS) is 18.3. The van der Waals surface area contributed by atoms with Crippen molar-refractivity contribution in [1.29, 1.82) is 0 Å². The summed E-state index contributed by atoms with van der Waals surface area (Å²) in [6.07, 6.45) is 4.21. The Balaban J connectivity index is 0.00000338. The Labute approximate surface area is 175 Å². The summed E-state index contributed by atoms with van der Waals surface area (Å²) in [6, 6.07) is 11.0. The molecule has 26 heavy (non-hydrogen) atoms. The lowest BCUT2D eigenvalue weighted by atomic mass is 10.0. The van der Waals surface area contributed by atoms with Crippen molar-refractivity contribution in [3.63, 3.8) is 0 Å². The highest BCUT2D eigenvalue weighted by Gasteiger charge is 2.23. The van der Waals surface area contributed by atoms with E-state index in [1.54, 1.807) is 0 Å². The number of rotatable bonds is 9. The Morgan fingerprint density at radius 2 is 2.04 bits per heavy atom. The Morgan fingerprint density at radius 3 is 2.69 bits per heavy atom. The summed E-state index contributed by atoms with van der Waals surface area (Å²) in [5, 5.41) is 16.2. The Hall–Kier alpha value is -1.02. The third-order valence-electron chi connectivity index (χ3n) is 4.74. The Kier molecular flexibility index (Phi) is 11.7. The van der Waals surface area contributed by atoms with Crippen molar-refractivity contribution >= 4 is 35.6 Å². The number of halogens is 1. The molecular formula is C20H35IN4O. The van der Waals surface area contributed by atoms with E-state index in [1.165, 1.54) is 5.69 Å². The van der Waals surface area contributed by atoms with Crippen molar-refractivity contribution in [2.75, 3.05) is 37.7 Å². The SMILES string of the molecule is CCCC(CCO)CN=C(NCC)NC1CCN(c2ccccc2)C1.I. The van der Waals surface area contributed by atoms with Gasteiger partial charge in [-0.3, -0.25) is 4.99 Å². The van der Waals surface area contributed by atoms with Crippen molar-refractivity contribution in [1.82, 2.24) is 10.6 Å². The van der Waals surface area contributed by atoms with E-state index in [0.717, 1.165) is 57.8 Å². The van der Waals surface area contributed by atoms with Gasteiger partial charge in [0.15, 0.2) is 5.96 Å². The van der Waals surface area contributed by atoms with E-state index < -0.39 is 0 Å². The first kappa shape index (κ1) is 23.0. The summed E-state index contributed by atoms with van der Waals surface area (Å²) >= 11 is 0. The average molecular weight is 474 g/mol. The summed E-state index contributed by atoms with van der Waals surface area (Å²) in [5.41, 5.74) is 1.29. The summed E-state index contributed by atoms with van der Waals surface area (Å²) < 4.78 is 0. The number of aliphatic hydroxyl groups excluding tert-OH is 1. The minimum Gasteiger partial charge on any atom is -0.396 e. The summed E-state index contributed by atoms with van der Waals surface area (Å²) in [7, 11) is 0. The van der Waals surface area contributed by atoms with Gasteiger partial charge in [-0.1, -0.05) is 31.5 Å². The lowest BCUT2D eigenvalue weighted by molar-refractivity contribution is 0.253. The molecule has 0 bridgehead atoms. The lowest BCUT2D eigenvalue weighted by Crippen LogP contribution is -2.44. The molecule has 6 heteroatoms. The van der Waals surface area contributed by atoms with Crippen LogP contribution in [0.4, 0.5) is 5.69 Å². The van der Waals surface area contributed by atoms with Crippen LogP contribution in [0.15, 0.2) is 35.3 Å². The number of guanidine groups is 1. The van der Waals surface area contributed by atoms with Gasteiger partial charge in [0, 0.05) is 44.5 Å². The summed E-state index contributed by atoms with van der Waals surface area (Å²) in [6.45, 7) is 8.25. The van der Waals surface area contributed by atoms with Gasteiger partial charge in [-0.25, -0.2) is 0 Å². The fourth-order valence-electron chi connectivity index (χ4n) is 3.40. The van der Waals surface area contributed by atoms with Crippen LogP contribution >= 0.6 is 24.0 Å². The molecule has 5 nitrogen and oxygen atoms in total. The van der Waals surface area contributed by atoms with Crippen LogP contribution < -0.4 is 15.5 Å². The maximum Gasteiger partial charge on any atom is 0.191 e. The van der Waals surface area contributed by atoms with Crippen LogP contribution in [0.5, 0.6) is 0 Å². The molecule has 1 fully saturated rings. The van der Waals surface area contributed by atoms with Crippen molar-refractivity contribution in [2.24, 2.45) is 10.9 Å². The third kappa shape index (κ3) is 7.70. The molecule has 2 unspecified atom stereocenters. The highest BCUT2D eigenvalue weighted by atomic mass is 127. The second kappa shape index (κ2) is 13.2. The maximum atomic E-state index is 9.21. The van der Waals surface area contributed by atoms with Gasteiger partial charge < -0.3 is 20.6 Å². The topological polar surface area (TPSA) is 59.9 Å². The third-order valence-corrected chi connectivity index (χ3v) is 4.74. The molecule has 1 heterocycles. The number of hydrogen-bond donors (Lipinski definition) is 3. The molecule has 0 radical (unpaired) electrons. The van der Waals surface area contributed by atoms with E-state index in [1.807, 2.05) is 0 Å². The number of anilines is 1. The molecule has 3 N–H and O–H groups in total. The van der Waals surface area contributed by atoms with E-state index in [2.05, 4.69) is 59.7 Å². The van der Waals surface area contributed by atoms with Gasteiger partial charge in [-0.15, -0.1) is 24.0 Å². The molecule has 0 amide bonds. The molecule has 1 aromatic carbocycles. The van der Waals surface area contributed by atoms with Crippen LogP contribution in [0.1, 0.15) is 39.5 Å². The maximum absolute atomic E-state index is 9.21. The zero-order valence-corrected chi connectivity index (χ0v) is 18.5. The smallest absolute Gasteiger partial charge is 0.191 e. The van der Waals surface area contributed by atoms with Crippen LogP contribution in [0.2, 0.25) is 0 Å². The molecule has 1 aliphatic rings. The zero-order chi connectivity index (χ0) is 17.9. The minimum atomic E-state index is 0. The highest BCUT2D eigenvalue weighted by Crippen LogP contribution is 2.19. The molecule has 0 aliphatic carbocycles. The van der Waals surface area contributed by atoms with Gasteiger partial charge in [0.1, 0.15) is 0 Å². The fraction of sp³-hybridized carbons (Fsp3) is 0.650. The van der Waals surface area contributed by atoms with Gasteiger partial charge in [0.2, 0.25) is 0 Å². The lowest BCUT2D eigenvalue weighted by Gasteiger charge is -2.21. The zero-order valence-electron chi connectivity index (χ0n) is 16.2. The van der Waals surface area contributed by atoms with Crippen LogP contribution in [-0.4, -0.2) is 49.9 Å². The Morgan fingerprint density at radius 1 is 1.27 bits per heavy atom. The highest BCUT2D eigenvalue weighted by molar-refractivity contribution is 14.0. The van der Waals surface area contributed by atoms with Crippen molar-refractivity contribution < 1.29 is 5.11 Å². The van der Waals surface area contributed by atoms with E-state index in [0.29, 0.717) is 12.0 Å². The molecule has 0 saturated carbocycles. The largest absolute Gasteiger partial charge is 0.396 e. The first-order valence-corrected chi connectivity index (χ1v) is 9.72. The second-order valence-electron chi connectivity index (χ2n) is 6.80. The first-order valence-electron chi connectivity index (χ1n) is 9.72. The quantitative estimate of drug-likeness (QED) is 0.292. The van der Waals surface area contributed by atoms with Gasteiger partial charge in [0.25, 0.3) is 0 Å². The van der Waals surface area contributed by atoms with Crippen LogP contribution in [0.25, 0.3) is 0 Å². The van der Waals surface area contributed by atoms with E-state index in [-0.39, 0.29) is 30.6 Å². The first-order chi connectivity index (χ1) is 12.3. The van der Waals surface area contributed by atoms with E-state index >= 15 is 0 Å². The molecule has 1 aliphatic heterocycles. The molecule has 2 rings (SSSR count). The van der Waals surface area contributed by atoms with Crippen molar-refractivity contribution in [3.8, 4) is 0 Å². The van der Waals surface area contributed by atoms with Crippen LogP contribution in [-0.2, 0) is 0 Å². The molecule has 0 aromatic heterocycles. The standard InChI is InChI=1S/C20H34N4O.HI/c1-3-8-17(12-14-25)15-22-20(21-4-2)23-18-11-13-24(16-18)19-9-6-5-7-10-19;/h5-7,9-10,17-18,25H,3-4,8,11-16H2,1-2H3,(H2,21,22,23);1H. The number of benzene rings is 1. The summed E-state index contributed by atoms with van der Waals surface area (Å²) in [4.78, 5) is 7.20. The number of nitrogens with zero attached hydrogens (tertiary/aromatic N) is 2. The number of aliphatic imine (C=N–C) groups is 1. The number of aliphatic hydroxyl groups is 1. The van der Waals surface area contributed by atoms with Crippen molar-refractivity contribution in [2.45, 2.75) is 45.6 Å². The summed E-state index contributed by atoms with van der Waals surface area (Å²) in [5.74, 6) is 1.37. The van der Waals surface area contributed by atoms with E-state index in [9.17, 15) is 5.11 Å². The van der Waals surface area contributed by atoms with Crippen LogP contribution in [0, 0.1) is 5.92 Å². The average Bonchev–Trinajstić information content (AvgIpc) is 3.09. The van der Waals surface area contributed by atoms with Crippen molar-refractivity contribution in [3.05, 3.63) is 30.3 Å². The van der Waals surface area contributed by atoms with Gasteiger partial charge in [-0.05, 0) is 44.2 Å². The predicted octanol–water partition coefficient (Wildman–Crippen LogP) is 3.24. The van der Waals surface area contributed by atoms with E-state index in [4.69, 9.17) is 4.99 Å². The number of hydrogen-bond acceptors (Lipinski definition) is 3. The van der Waals surface area contributed by atoms with Gasteiger partial charge in [0.05, 0.1) is 0 Å². The fourth-order valence-corrected chi connectivity index (χ4v) is 3.40. The van der Waals surface area contributed by atoms with Gasteiger partial charge >= 0.3 is 0 Å². The number of para-hydroxylation sites is 1. The van der Waals surface area contributed by atoms with Crippen LogP contribution in [0.3, 0.4) is 0 Å². The van der Waals surface area contributed by atoms with Gasteiger partial charge in [-0.2, -0.15) is 0 Å².